The van der Waals surface area contributed by atoms with Gasteiger partial charge in [0.1, 0.15) is 5.69 Å². The molecule has 0 aliphatic heterocycles. The van der Waals surface area contributed by atoms with Crippen molar-refractivity contribution in [2.45, 2.75) is 44.9 Å². The third-order valence-electron chi connectivity index (χ3n) is 5.04. The van der Waals surface area contributed by atoms with Gasteiger partial charge in [-0.1, -0.05) is 25.7 Å². The highest BCUT2D eigenvalue weighted by Gasteiger charge is 2.36. The van der Waals surface area contributed by atoms with Crippen LogP contribution in [0.15, 0.2) is 10.7 Å². The quantitative estimate of drug-likeness (QED) is 0.771. The molecule has 2 saturated carbocycles. The van der Waals surface area contributed by atoms with Crippen molar-refractivity contribution in [2.24, 2.45) is 24.8 Å². The second-order valence-electron chi connectivity index (χ2n) is 6.14. The number of ketones is 1. The minimum Gasteiger partial charge on any atom is -0.292 e. The third-order valence-corrected chi connectivity index (χ3v) is 5.62. The zero-order valence-electron chi connectivity index (χ0n) is 11.4. The molecule has 2 aliphatic rings. The molecule has 3 unspecified atom stereocenters. The largest absolute Gasteiger partial charge is 0.292 e. The number of hydrogen-bond donors (Lipinski definition) is 0. The van der Waals surface area contributed by atoms with E-state index in [1.165, 1.54) is 32.1 Å². The van der Waals surface area contributed by atoms with Crippen molar-refractivity contribution >= 4 is 21.7 Å². The fourth-order valence-corrected chi connectivity index (χ4v) is 4.54. The zero-order valence-corrected chi connectivity index (χ0v) is 13.0. The van der Waals surface area contributed by atoms with Gasteiger partial charge in [-0.15, -0.1) is 0 Å². The van der Waals surface area contributed by atoms with Gasteiger partial charge in [0.05, 0.1) is 10.7 Å². The lowest BCUT2D eigenvalue weighted by Gasteiger charge is -2.38. The lowest BCUT2D eigenvalue weighted by molar-refractivity contribution is 0.0753. The Hall–Kier alpha value is -0.640. The molecule has 19 heavy (non-hydrogen) atoms. The van der Waals surface area contributed by atoms with E-state index in [0.717, 1.165) is 34.8 Å². The Bertz CT molecular complexity index is 463. The molecule has 1 aromatic heterocycles. The summed E-state index contributed by atoms with van der Waals surface area (Å²) in [6.07, 6.45) is 10.6. The Morgan fingerprint density at radius 1 is 1.26 bits per heavy atom. The molecule has 0 N–H and O–H groups in total. The Morgan fingerprint density at radius 3 is 2.68 bits per heavy atom. The molecule has 1 heterocycles. The molecule has 2 fully saturated rings. The Kier molecular flexibility index (Phi) is 3.79. The molecular formula is C15H21BrN2O. The molecule has 0 saturated heterocycles. The van der Waals surface area contributed by atoms with Crippen molar-refractivity contribution in [1.82, 2.24) is 9.78 Å². The predicted octanol–water partition coefficient (Wildman–Crippen LogP) is 3.97. The maximum absolute atomic E-state index is 12.7. The first kappa shape index (κ1) is 13.3. The van der Waals surface area contributed by atoms with Crippen LogP contribution < -0.4 is 0 Å². The van der Waals surface area contributed by atoms with Crippen molar-refractivity contribution in [2.75, 3.05) is 0 Å². The van der Waals surface area contributed by atoms with Crippen LogP contribution in [0, 0.1) is 17.8 Å². The Labute approximate surface area is 122 Å². The summed E-state index contributed by atoms with van der Waals surface area (Å²) in [6, 6.07) is 0. The first-order chi connectivity index (χ1) is 9.16. The number of Topliss-reactive ketones (excluding diaryl/α,β-unsaturated/α-hetero) is 1. The van der Waals surface area contributed by atoms with Crippen LogP contribution in [0.25, 0.3) is 0 Å². The topological polar surface area (TPSA) is 34.9 Å². The minimum atomic E-state index is 0.214. The summed E-state index contributed by atoms with van der Waals surface area (Å²) in [7, 11) is 1.85. The van der Waals surface area contributed by atoms with E-state index >= 15 is 0 Å². The highest BCUT2D eigenvalue weighted by molar-refractivity contribution is 9.10. The van der Waals surface area contributed by atoms with Crippen molar-refractivity contribution in [3.8, 4) is 0 Å². The Balaban J connectivity index is 1.74. The number of aryl methyl sites for hydroxylation is 1. The van der Waals surface area contributed by atoms with Crippen molar-refractivity contribution < 1.29 is 4.79 Å². The van der Waals surface area contributed by atoms with Gasteiger partial charge in [-0.05, 0) is 47.0 Å². The van der Waals surface area contributed by atoms with E-state index in [9.17, 15) is 4.79 Å². The molecule has 3 nitrogen and oxygen atoms in total. The van der Waals surface area contributed by atoms with E-state index < -0.39 is 0 Å². The summed E-state index contributed by atoms with van der Waals surface area (Å²) in [5.41, 5.74) is 0.749. The average Bonchev–Trinajstić information content (AvgIpc) is 2.77. The van der Waals surface area contributed by atoms with Crippen LogP contribution in [0.5, 0.6) is 0 Å². The number of halogens is 1. The molecule has 3 atom stereocenters. The molecule has 4 heteroatoms. The minimum absolute atomic E-state index is 0.214. The summed E-state index contributed by atoms with van der Waals surface area (Å²) < 4.78 is 2.55. The number of nitrogens with zero attached hydrogens (tertiary/aromatic N) is 2. The van der Waals surface area contributed by atoms with Crippen LogP contribution in [-0.2, 0) is 7.05 Å². The zero-order chi connectivity index (χ0) is 13.4. The first-order valence-electron chi connectivity index (χ1n) is 7.38. The fraction of sp³-hybridized carbons (Fsp3) is 0.733. The van der Waals surface area contributed by atoms with E-state index in [1.54, 1.807) is 10.9 Å². The number of rotatable bonds is 2. The number of aromatic nitrogens is 2. The van der Waals surface area contributed by atoms with Crippen LogP contribution in [0.3, 0.4) is 0 Å². The highest BCUT2D eigenvalue weighted by atomic mass is 79.9. The smallest absolute Gasteiger partial charge is 0.185 e. The molecule has 1 aromatic rings. The SMILES string of the molecule is Cn1ncc(Br)c1C(=O)C1CCC2CCCCC2C1. The van der Waals surface area contributed by atoms with Crippen molar-refractivity contribution in [3.05, 3.63) is 16.4 Å². The van der Waals surface area contributed by atoms with Gasteiger partial charge < -0.3 is 0 Å². The normalized spacial score (nSPS) is 30.9. The molecule has 3 rings (SSSR count). The fourth-order valence-electron chi connectivity index (χ4n) is 3.99. The molecule has 104 valence electrons. The van der Waals surface area contributed by atoms with Crippen LogP contribution in [-0.4, -0.2) is 15.6 Å². The van der Waals surface area contributed by atoms with Crippen LogP contribution >= 0.6 is 15.9 Å². The van der Waals surface area contributed by atoms with E-state index in [4.69, 9.17) is 0 Å². The van der Waals surface area contributed by atoms with Gasteiger partial charge in [-0.25, -0.2) is 0 Å². The molecule has 0 aromatic carbocycles. The van der Waals surface area contributed by atoms with Gasteiger partial charge >= 0.3 is 0 Å². The van der Waals surface area contributed by atoms with Gasteiger partial charge in [-0.2, -0.15) is 5.10 Å². The lowest BCUT2D eigenvalue weighted by Crippen LogP contribution is -2.32. The lowest BCUT2D eigenvalue weighted by atomic mass is 9.66. The van der Waals surface area contributed by atoms with Crippen molar-refractivity contribution in [1.29, 1.82) is 0 Å². The summed E-state index contributed by atoms with van der Waals surface area (Å²) in [5, 5.41) is 4.16. The van der Waals surface area contributed by atoms with Gasteiger partial charge in [0.2, 0.25) is 0 Å². The second-order valence-corrected chi connectivity index (χ2v) is 7.00. The molecule has 0 amide bonds. The van der Waals surface area contributed by atoms with Gasteiger partial charge in [0.15, 0.2) is 5.78 Å². The van der Waals surface area contributed by atoms with E-state index in [-0.39, 0.29) is 11.7 Å². The Morgan fingerprint density at radius 2 is 2.00 bits per heavy atom. The standard InChI is InChI=1S/C15H21BrN2O/c1-18-14(13(16)9-17-18)15(19)12-7-6-10-4-2-3-5-11(10)8-12/h9-12H,2-8H2,1H3. The summed E-state index contributed by atoms with van der Waals surface area (Å²) >= 11 is 3.45. The van der Waals surface area contributed by atoms with Gasteiger partial charge in [0, 0.05) is 13.0 Å². The number of carbonyl (C=O) groups is 1. The molecule has 0 spiro atoms. The monoisotopic (exact) mass is 324 g/mol. The number of hydrogen-bond acceptors (Lipinski definition) is 2. The van der Waals surface area contributed by atoms with Crippen LogP contribution in [0.1, 0.15) is 55.4 Å². The predicted molar refractivity (Wildman–Crippen MR) is 78.0 cm³/mol. The molecule has 2 aliphatic carbocycles. The number of fused-ring (bicyclic) bond motifs is 1. The van der Waals surface area contributed by atoms with Gasteiger partial charge in [0.25, 0.3) is 0 Å². The summed E-state index contributed by atoms with van der Waals surface area (Å²) in [4.78, 5) is 12.7. The van der Waals surface area contributed by atoms with Crippen LogP contribution in [0.4, 0.5) is 0 Å². The van der Waals surface area contributed by atoms with Crippen molar-refractivity contribution in [3.63, 3.8) is 0 Å². The second kappa shape index (κ2) is 5.39. The maximum atomic E-state index is 12.7. The van der Waals surface area contributed by atoms with E-state index in [2.05, 4.69) is 21.0 Å². The first-order valence-corrected chi connectivity index (χ1v) is 8.18. The maximum Gasteiger partial charge on any atom is 0.185 e. The third kappa shape index (κ3) is 2.51. The van der Waals surface area contributed by atoms with Gasteiger partial charge in [-0.3, -0.25) is 9.48 Å². The average molecular weight is 325 g/mol. The number of carbonyl (C=O) groups excluding carboxylic acids is 1. The van der Waals surface area contributed by atoms with E-state index in [0.29, 0.717) is 0 Å². The molecule has 0 bridgehead atoms. The molecular weight excluding hydrogens is 304 g/mol. The van der Waals surface area contributed by atoms with Crippen LogP contribution in [0.2, 0.25) is 0 Å². The molecule has 0 radical (unpaired) electrons. The van der Waals surface area contributed by atoms with E-state index in [1.807, 2.05) is 7.05 Å². The highest BCUT2D eigenvalue weighted by Crippen LogP contribution is 2.43. The summed E-state index contributed by atoms with van der Waals surface area (Å²) in [5.74, 6) is 2.19. The summed E-state index contributed by atoms with van der Waals surface area (Å²) in [6.45, 7) is 0.